The van der Waals surface area contributed by atoms with Crippen molar-refractivity contribution in [3.63, 3.8) is 0 Å². The van der Waals surface area contributed by atoms with Gasteiger partial charge >= 0.3 is 0 Å². The van der Waals surface area contributed by atoms with Crippen molar-refractivity contribution < 1.29 is 9.53 Å². The molecule has 0 spiro atoms. The number of benzene rings is 1. The van der Waals surface area contributed by atoms with Crippen LogP contribution in [-0.4, -0.2) is 18.0 Å². The van der Waals surface area contributed by atoms with Gasteiger partial charge in [-0.1, -0.05) is 35.3 Å². The average Bonchev–Trinajstić information content (AvgIpc) is 2.44. The number of nitrogens with zero attached hydrogens (tertiary/aromatic N) is 1. The lowest BCUT2D eigenvalue weighted by Crippen LogP contribution is -2.22. The first-order valence-corrected chi connectivity index (χ1v) is 6.58. The van der Waals surface area contributed by atoms with Crippen molar-refractivity contribution in [2.75, 3.05) is 7.11 Å². The Bertz CT molecular complexity index is 612. The lowest BCUT2D eigenvalue weighted by atomic mass is 10.2. The van der Waals surface area contributed by atoms with Gasteiger partial charge in [-0.25, -0.2) is 4.98 Å². The Morgan fingerprint density at radius 1 is 1.25 bits per heavy atom. The highest BCUT2D eigenvalue weighted by Gasteiger charge is 2.08. The Hall–Kier alpha value is -1.78. The van der Waals surface area contributed by atoms with Gasteiger partial charge in [-0.3, -0.25) is 4.79 Å². The fourth-order valence-corrected chi connectivity index (χ4v) is 2.12. The standard InChI is InChI=1S/C14H12Cl2N2O2/c1-20-11-4-2-3-9(5-11)8-17-14(19)10-6-12(15)18-13(16)7-10/h2-7H,8H2,1H3,(H,17,19). The molecule has 0 aliphatic carbocycles. The second-order valence-electron chi connectivity index (χ2n) is 4.04. The summed E-state index contributed by atoms with van der Waals surface area (Å²) in [6.45, 7) is 0.383. The highest BCUT2D eigenvalue weighted by molar-refractivity contribution is 6.33. The molecule has 2 rings (SSSR count). The van der Waals surface area contributed by atoms with Gasteiger partial charge in [-0.05, 0) is 29.8 Å². The topological polar surface area (TPSA) is 51.2 Å². The SMILES string of the molecule is COc1cccc(CNC(=O)c2cc(Cl)nc(Cl)c2)c1. The maximum Gasteiger partial charge on any atom is 0.251 e. The first-order valence-electron chi connectivity index (χ1n) is 5.82. The summed E-state index contributed by atoms with van der Waals surface area (Å²) in [6, 6.07) is 10.4. The van der Waals surface area contributed by atoms with E-state index in [2.05, 4.69) is 10.3 Å². The molecule has 20 heavy (non-hydrogen) atoms. The molecule has 0 atom stereocenters. The summed E-state index contributed by atoms with van der Waals surface area (Å²) < 4.78 is 5.12. The first-order chi connectivity index (χ1) is 9.58. The number of rotatable bonds is 4. The molecule has 0 aliphatic rings. The molecule has 1 aromatic carbocycles. The second kappa shape index (κ2) is 6.59. The van der Waals surface area contributed by atoms with Crippen LogP contribution in [-0.2, 0) is 6.54 Å². The van der Waals surface area contributed by atoms with Crippen LogP contribution in [0.5, 0.6) is 5.75 Å². The maximum atomic E-state index is 12.0. The van der Waals surface area contributed by atoms with E-state index in [0.717, 1.165) is 11.3 Å². The molecule has 104 valence electrons. The number of aromatic nitrogens is 1. The van der Waals surface area contributed by atoms with Crippen LogP contribution in [0.3, 0.4) is 0 Å². The minimum absolute atomic E-state index is 0.184. The Balaban J connectivity index is 2.04. The van der Waals surface area contributed by atoms with Crippen molar-refractivity contribution in [2.45, 2.75) is 6.54 Å². The van der Waals surface area contributed by atoms with Crippen LogP contribution in [0, 0.1) is 0 Å². The molecule has 1 N–H and O–H groups in total. The summed E-state index contributed by atoms with van der Waals surface area (Å²) in [4.78, 5) is 15.8. The zero-order chi connectivity index (χ0) is 14.5. The Morgan fingerprint density at radius 3 is 2.60 bits per heavy atom. The van der Waals surface area contributed by atoms with Crippen molar-refractivity contribution in [2.24, 2.45) is 0 Å². The third-order valence-electron chi connectivity index (χ3n) is 2.61. The molecule has 0 fully saturated rings. The van der Waals surface area contributed by atoms with Crippen molar-refractivity contribution in [1.82, 2.24) is 10.3 Å². The van der Waals surface area contributed by atoms with Crippen molar-refractivity contribution in [3.05, 3.63) is 57.8 Å². The number of amides is 1. The first kappa shape index (κ1) is 14.6. The Kier molecular flexibility index (Phi) is 4.82. The predicted octanol–water partition coefficient (Wildman–Crippen LogP) is 3.33. The number of pyridine rings is 1. The summed E-state index contributed by atoms with van der Waals surface area (Å²) in [6.07, 6.45) is 0. The molecule has 1 heterocycles. The molecule has 4 nitrogen and oxygen atoms in total. The number of carbonyl (C=O) groups excluding carboxylic acids is 1. The van der Waals surface area contributed by atoms with Crippen molar-refractivity contribution >= 4 is 29.1 Å². The normalized spacial score (nSPS) is 10.2. The number of hydrogen-bond donors (Lipinski definition) is 1. The van der Waals surface area contributed by atoms with E-state index in [0.29, 0.717) is 12.1 Å². The van der Waals surface area contributed by atoms with Gasteiger partial charge in [-0.15, -0.1) is 0 Å². The van der Waals surface area contributed by atoms with E-state index in [1.807, 2.05) is 24.3 Å². The third kappa shape index (κ3) is 3.85. The predicted molar refractivity (Wildman–Crippen MR) is 78.4 cm³/mol. The van der Waals surface area contributed by atoms with Gasteiger partial charge in [-0.2, -0.15) is 0 Å². The van der Waals surface area contributed by atoms with Crippen LogP contribution >= 0.6 is 23.2 Å². The number of methoxy groups -OCH3 is 1. The molecular formula is C14H12Cl2N2O2. The number of nitrogens with one attached hydrogen (secondary N) is 1. The van der Waals surface area contributed by atoms with Gasteiger partial charge in [0.25, 0.3) is 5.91 Å². The molecule has 0 aliphatic heterocycles. The van der Waals surface area contributed by atoms with E-state index in [1.54, 1.807) is 7.11 Å². The van der Waals surface area contributed by atoms with Crippen LogP contribution < -0.4 is 10.1 Å². The fraction of sp³-hybridized carbons (Fsp3) is 0.143. The summed E-state index contributed by atoms with van der Waals surface area (Å²) in [5.41, 5.74) is 1.31. The molecule has 6 heteroatoms. The van der Waals surface area contributed by atoms with Crippen LogP contribution in [0.4, 0.5) is 0 Å². The van der Waals surface area contributed by atoms with E-state index in [9.17, 15) is 4.79 Å². The average molecular weight is 311 g/mol. The van der Waals surface area contributed by atoms with Crippen LogP contribution in [0.15, 0.2) is 36.4 Å². The minimum Gasteiger partial charge on any atom is -0.497 e. The number of carbonyl (C=O) groups is 1. The van der Waals surface area contributed by atoms with Crippen LogP contribution in [0.25, 0.3) is 0 Å². The number of hydrogen-bond acceptors (Lipinski definition) is 3. The molecule has 1 aromatic heterocycles. The van der Waals surface area contributed by atoms with E-state index < -0.39 is 0 Å². The molecule has 0 unspecified atom stereocenters. The van der Waals surface area contributed by atoms with E-state index in [4.69, 9.17) is 27.9 Å². The molecule has 1 amide bonds. The van der Waals surface area contributed by atoms with Gasteiger partial charge in [0.2, 0.25) is 0 Å². The van der Waals surface area contributed by atoms with Gasteiger partial charge in [0.15, 0.2) is 0 Å². The minimum atomic E-state index is -0.265. The van der Waals surface area contributed by atoms with Crippen molar-refractivity contribution in [1.29, 1.82) is 0 Å². The third-order valence-corrected chi connectivity index (χ3v) is 3.00. The summed E-state index contributed by atoms with van der Waals surface area (Å²) in [5, 5.41) is 3.15. The zero-order valence-corrected chi connectivity index (χ0v) is 12.2. The zero-order valence-electron chi connectivity index (χ0n) is 10.7. The number of halogens is 2. The molecule has 0 saturated heterocycles. The van der Waals surface area contributed by atoms with E-state index in [1.165, 1.54) is 12.1 Å². The Morgan fingerprint density at radius 2 is 1.95 bits per heavy atom. The summed E-state index contributed by atoms with van der Waals surface area (Å²) >= 11 is 11.5. The maximum absolute atomic E-state index is 12.0. The number of ether oxygens (including phenoxy) is 1. The van der Waals surface area contributed by atoms with Gasteiger partial charge in [0.1, 0.15) is 16.1 Å². The van der Waals surface area contributed by atoms with E-state index >= 15 is 0 Å². The molecular weight excluding hydrogens is 299 g/mol. The van der Waals surface area contributed by atoms with Gasteiger partial charge in [0, 0.05) is 12.1 Å². The molecule has 0 saturated carbocycles. The largest absolute Gasteiger partial charge is 0.497 e. The second-order valence-corrected chi connectivity index (χ2v) is 4.81. The molecule has 0 radical (unpaired) electrons. The molecule has 0 bridgehead atoms. The van der Waals surface area contributed by atoms with Crippen LogP contribution in [0.1, 0.15) is 15.9 Å². The summed E-state index contributed by atoms with van der Waals surface area (Å²) in [7, 11) is 1.60. The lowest BCUT2D eigenvalue weighted by Gasteiger charge is -2.07. The highest BCUT2D eigenvalue weighted by atomic mass is 35.5. The lowest BCUT2D eigenvalue weighted by molar-refractivity contribution is 0.0950. The van der Waals surface area contributed by atoms with Gasteiger partial charge < -0.3 is 10.1 Å². The van der Waals surface area contributed by atoms with Crippen LogP contribution in [0.2, 0.25) is 10.3 Å². The highest BCUT2D eigenvalue weighted by Crippen LogP contribution is 2.15. The van der Waals surface area contributed by atoms with Gasteiger partial charge in [0.05, 0.1) is 7.11 Å². The summed E-state index contributed by atoms with van der Waals surface area (Å²) in [5.74, 6) is 0.478. The molecule has 2 aromatic rings. The monoisotopic (exact) mass is 310 g/mol. The fourth-order valence-electron chi connectivity index (χ4n) is 1.66. The Labute approximate surface area is 126 Å². The quantitative estimate of drug-likeness (QED) is 0.881. The smallest absolute Gasteiger partial charge is 0.251 e. The van der Waals surface area contributed by atoms with Crippen molar-refractivity contribution in [3.8, 4) is 5.75 Å². The van der Waals surface area contributed by atoms with E-state index in [-0.39, 0.29) is 16.2 Å².